The number of rotatable bonds is 10. The maximum Gasteiger partial charge on any atom is 0.135 e. The summed E-state index contributed by atoms with van der Waals surface area (Å²) in [5.41, 5.74) is 22.7. The minimum atomic E-state index is 0.900. The molecule has 0 aliphatic carbocycles. The molecule has 0 aliphatic heterocycles. The van der Waals surface area contributed by atoms with E-state index in [1.165, 1.54) is 66.3 Å². The molecule has 0 saturated heterocycles. The monoisotopic (exact) mass is 956 g/mol. The molecule has 0 fully saturated rings. The molecule has 0 saturated carbocycles. The number of fused-ring (bicyclic) bond motifs is 6. The predicted octanol–water partition coefficient (Wildman–Crippen LogP) is 20.2. The van der Waals surface area contributed by atoms with E-state index in [2.05, 4.69) is 289 Å². The fraction of sp³-hybridized carbons (Fsp3) is 0. The summed E-state index contributed by atoms with van der Waals surface area (Å²) >= 11 is 0. The summed E-state index contributed by atoms with van der Waals surface area (Å²) in [4.78, 5) is 2.35. The topological polar surface area (TPSA) is 21.3 Å². The van der Waals surface area contributed by atoms with Gasteiger partial charge in [-0.2, -0.15) is 0 Å². The quantitative estimate of drug-likeness (QED) is 0.136. The van der Waals surface area contributed by atoms with Gasteiger partial charge >= 0.3 is 0 Å². The van der Waals surface area contributed by atoms with Crippen molar-refractivity contribution in [2.75, 3.05) is 4.90 Å². The summed E-state index contributed by atoms with van der Waals surface area (Å²) in [5, 5.41) is 4.75. The van der Waals surface area contributed by atoms with Crippen LogP contribution in [0.1, 0.15) is 0 Å². The van der Waals surface area contributed by atoms with Crippen LogP contribution in [-0.2, 0) is 0 Å². The Hall–Kier alpha value is -9.96. The zero-order valence-electron chi connectivity index (χ0n) is 41.0. The molecule has 0 bridgehead atoms. The van der Waals surface area contributed by atoms with Gasteiger partial charge in [0.2, 0.25) is 0 Å². The first-order chi connectivity index (χ1) is 37.2. The molecule has 2 aromatic heterocycles. The molecule has 3 heteroatoms. The molecular weight excluding hydrogens is 909 g/mol. The van der Waals surface area contributed by atoms with Crippen LogP contribution >= 0.6 is 0 Å². The highest BCUT2D eigenvalue weighted by Gasteiger charge is 2.18. The molecule has 12 aromatic carbocycles. The van der Waals surface area contributed by atoms with Crippen molar-refractivity contribution in [3.05, 3.63) is 291 Å². The molecule has 0 N–H and O–H groups in total. The highest BCUT2D eigenvalue weighted by molar-refractivity contribution is 6.11. The smallest absolute Gasteiger partial charge is 0.135 e. The van der Waals surface area contributed by atoms with Crippen LogP contribution in [0.15, 0.2) is 296 Å². The van der Waals surface area contributed by atoms with E-state index in [4.69, 9.17) is 4.42 Å². The molecule has 75 heavy (non-hydrogen) atoms. The van der Waals surface area contributed by atoms with Crippen LogP contribution in [0.4, 0.5) is 17.1 Å². The summed E-state index contributed by atoms with van der Waals surface area (Å²) in [6.07, 6.45) is 0. The minimum Gasteiger partial charge on any atom is -0.456 e. The third-order valence-electron chi connectivity index (χ3n) is 14.9. The molecule has 0 radical (unpaired) electrons. The Morgan fingerprint density at radius 1 is 0.240 bits per heavy atom. The van der Waals surface area contributed by atoms with Crippen molar-refractivity contribution in [3.8, 4) is 72.4 Å². The fourth-order valence-electron chi connectivity index (χ4n) is 11.0. The second kappa shape index (κ2) is 18.6. The van der Waals surface area contributed by atoms with Crippen molar-refractivity contribution in [1.29, 1.82) is 0 Å². The molecule has 0 amide bonds. The Morgan fingerprint density at radius 2 is 0.627 bits per heavy atom. The van der Waals surface area contributed by atoms with Gasteiger partial charge in [0.25, 0.3) is 0 Å². The van der Waals surface area contributed by atoms with Crippen molar-refractivity contribution in [3.63, 3.8) is 0 Å². The number of hydrogen-bond acceptors (Lipinski definition) is 2. The van der Waals surface area contributed by atoms with Gasteiger partial charge in [-0.05, 0) is 134 Å². The van der Waals surface area contributed by atoms with Gasteiger partial charge in [0.1, 0.15) is 11.2 Å². The SMILES string of the molecule is c1ccc(-c2ccc(-c3ccc(N(c4ccc(-c5ccc(-c6ccccc6-n6c7ccccc7c7ccc(-c8ccccc8)cc76)cc5)cc4)c4ccc(-c5ccc6oc7ccccc7c6c5)cc4)cc3)cc2)cc1. The lowest BCUT2D eigenvalue weighted by molar-refractivity contribution is 0.669. The molecular formula is C72H48N2O. The Bertz CT molecular complexity index is 4340. The highest BCUT2D eigenvalue weighted by atomic mass is 16.3. The van der Waals surface area contributed by atoms with E-state index in [-0.39, 0.29) is 0 Å². The van der Waals surface area contributed by atoms with Gasteiger partial charge in [-0.1, -0.05) is 218 Å². The van der Waals surface area contributed by atoms with Gasteiger partial charge in [0, 0.05) is 44.2 Å². The predicted molar refractivity (Wildman–Crippen MR) is 315 cm³/mol. The molecule has 352 valence electrons. The van der Waals surface area contributed by atoms with Crippen molar-refractivity contribution < 1.29 is 4.42 Å². The second-order valence-corrected chi connectivity index (χ2v) is 19.3. The Morgan fingerprint density at radius 3 is 1.23 bits per heavy atom. The Kier molecular flexibility index (Phi) is 10.8. The number of furan rings is 1. The number of hydrogen-bond donors (Lipinski definition) is 0. The molecule has 0 aliphatic rings. The standard InChI is InChI=1S/C72H48N2O/c1-3-13-49(14-4-1)51-23-25-52(26-24-51)54-31-39-60(40-32-54)73(62-43-35-56(36-44-62)58-38-46-72-67(47-58)66-19-9-12-22-71(66)75-72)61-41-33-55(34-42-61)53-27-29-57(30-28-53)63-17-7-10-20-68(63)74-69-21-11-8-18-64(69)65-45-37-59(48-70(65)74)50-15-5-2-6-16-50/h1-48H. The zero-order valence-corrected chi connectivity index (χ0v) is 41.0. The van der Waals surface area contributed by atoms with Gasteiger partial charge in [-0.3, -0.25) is 0 Å². The number of benzene rings is 12. The van der Waals surface area contributed by atoms with E-state index in [1.54, 1.807) is 0 Å². The van der Waals surface area contributed by atoms with Gasteiger partial charge in [0.15, 0.2) is 0 Å². The van der Waals surface area contributed by atoms with Gasteiger partial charge in [0.05, 0.1) is 16.7 Å². The molecule has 14 aromatic rings. The molecule has 0 atom stereocenters. The van der Waals surface area contributed by atoms with Gasteiger partial charge < -0.3 is 13.9 Å². The van der Waals surface area contributed by atoms with Crippen molar-refractivity contribution >= 4 is 60.8 Å². The first-order valence-electron chi connectivity index (χ1n) is 25.6. The molecule has 3 nitrogen and oxygen atoms in total. The number of para-hydroxylation sites is 3. The normalized spacial score (nSPS) is 11.5. The molecule has 0 unspecified atom stereocenters. The van der Waals surface area contributed by atoms with E-state index >= 15 is 0 Å². The molecule has 14 rings (SSSR count). The first-order valence-corrected chi connectivity index (χ1v) is 25.6. The highest BCUT2D eigenvalue weighted by Crippen LogP contribution is 2.41. The zero-order chi connectivity index (χ0) is 49.7. The lowest BCUT2D eigenvalue weighted by Crippen LogP contribution is -2.09. The third kappa shape index (κ3) is 8.04. The van der Waals surface area contributed by atoms with E-state index in [1.807, 2.05) is 12.1 Å². The average Bonchev–Trinajstić information content (AvgIpc) is 4.04. The van der Waals surface area contributed by atoms with E-state index in [0.717, 1.165) is 66.9 Å². The van der Waals surface area contributed by atoms with Crippen molar-refractivity contribution in [1.82, 2.24) is 4.57 Å². The van der Waals surface area contributed by atoms with Crippen LogP contribution in [0.25, 0.3) is 116 Å². The van der Waals surface area contributed by atoms with Crippen molar-refractivity contribution in [2.45, 2.75) is 0 Å². The van der Waals surface area contributed by atoms with E-state index < -0.39 is 0 Å². The van der Waals surface area contributed by atoms with E-state index in [9.17, 15) is 0 Å². The van der Waals surface area contributed by atoms with E-state index in [0.29, 0.717) is 0 Å². The van der Waals surface area contributed by atoms with Crippen LogP contribution in [0.2, 0.25) is 0 Å². The first kappa shape index (κ1) is 43.8. The lowest BCUT2D eigenvalue weighted by atomic mass is 9.98. The lowest BCUT2D eigenvalue weighted by Gasteiger charge is -2.26. The largest absolute Gasteiger partial charge is 0.456 e. The van der Waals surface area contributed by atoms with Gasteiger partial charge in [-0.25, -0.2) is 0 Å². The van der Waals surface area contributed by atoms with Gasteiger partial charge in [-0.15, -0.1) is 0 Å². The van der Waals surface area contributed by atoms with Crippen LogP contribution < -0.4 is 4.90 Å². The summed E-state index contributed by atoms with van der Waals surface area (Å²) in [6, 6.07) is 105. The van der Waals surface area contributed by atoms with Crippen LogP contribution in [0.5, 0.6) is 0 Å². The summed E-state index contributed by atoms with van der Waals surface area (Å²) in [7, 11) is 0. The summed E-state index contributed by atoms with van der Waals surface area (Å²) in [5.74, 6) is 0. The molecule has 0 spiro atoms. The second-order valence-electron chi connectivity index (χ2n) is 19.3. The maximum atomic E-state index is 6.16. The third-order valence-corrected chi connectivity index (χ3v) is 14.9. The maximum absolute atomic E-state index is 6.16. The average molecular weight is 957 g/mol. The number of aromatic nitrogens is 1. The van der Waals surface area contributed by atoms with Crippen molar-refractivity contribution in [2.24, 2.45) is 0 Å². The summed E-state index contributed by atoms with van der Waals surface area (Å²) in [6.45, 7) is 0. The number of anilines is 3. The minimum absolute atomic E-state index is 0.900. The fourth-order valence-corrected chi connectivity index (χ4v) is 11.0. The van der Waals surface area contributed by atoms with Crippen LogP contribution in [0, 0.1) is 0 Å². The molecule has 2 heterocycles. The van der Waals surface area contributed by atoms with Crippen LogP contribution in [0.3, 0.4) is 0 Å². The van der Waals surface area contributed by atoms with Crippen LogP contribution in [-0.4, -0.2) is 4.57 Å². The number of nitrogens with zero attached hydrogens (tertiary/aromatic N) is 2. The Labute approximate surface area is 436 Å². The summed E-state index contributed by atoms with van der Waals surface area (Å²) < 4.78 is 8.60. The Balaban J connectivity index is 0.790.